The molecule has 1 atom stereocenters. The lowest BCUT2D eigenvalue weighted by molar-refractivity contribution is 0.143. The molecule has 1 unspecified atom stereocenters. The van der Waals surface area contributed by atoms with Crippen molar-refractivity contribution < 1.29 is 4.74 Å². The number of rotatable bonds is 6. The maximum atomic E-state index is 5.37. The molecule has 2 heterocycles. The van der Waals surface area contributed by atoms with E-state index in [0.717, 1.165) is 30.2 Å². The molecule has 4 heteroatoms. The van der Waals surface area contributed by atoms with Crippen molar-refractivity contribution in [3.63, 3.8) is 0 Å². The molecule has 0 amide bonds. The van der Waals surface area contributed by atoms with Crippen LogP contribution in [-0.2, 0) is 6.54 Å². The van der Waals surface area contributed by atoms with E-state index >= 15 is 0 Å². The minimum Gasteiger partial charge on any atom is -0.497 e. The predicted octanol–water partition coefficient (Wildman–Crippen LogP) is 4.79. The van der Waals surface area contributed by atoms with Gasteiger partial charge in [0.25, 0.3) is 0 Å². The van der Waals surface area contributed by atoms with Crippen LogP contribution in [-0.4, -0.2) is 34.7 Å². The van der Waals surface area contributed by atoms with Gasteiger partial charge in [0.05, 0.1) is 7.11 Å². The molecule has 2 aromatic carbocycles. The summed E-state index contributed by atoms with van der Waals surface area (Å²) in [4.78, 5) is 7.22. The van der Waals surface area contributed by atoms with E-state index in [2.05, 4.69) is 57.0 Å². The second-order valence-corrected chi connectivity index (χ2v) is 7.13. The second-order valence-electron chi connectivity index (χ2n) is 7.13. The minimum absolute atomic E-state index is 0.531. The van der Waals surface area contributed by atoms with Gasteiger partial charge in [-0.15, -0.1) is 0 Å². The van der Waals surface area contributed by atoms with Crippen molar-refractivity contribution in [2.24, 2.45) is 0 Å². The van der Waals surface area contributed by atoms with Gasteiger partial charge in [-0.25, -0.2) is 4.98 Å². The van der Waals surface area contributed by atoms with Gasteiger partial charge in [-0.3, -0.25) is 4.90 Å². The van der Waals surface area contributed by atoms with Crippen molar-refractivity contribution in [3.8, 4) is 17.1 Å². The van der Waals surface area contributed by atoms with Gasteiger partial charge < -0.3 is 9.30 Å². The average molecular weight is 361 g/mol. The van der Waals surface area contributed by atoms with E-state index in [0.29, 0.717) is 6.04 Å². The van der Waals surface area contributed by atoms with Gasteiger partial charge in [0.15, 0.2) is 0 Å². The van der Waals surface area contributed by atoms with Gasteiger partial charge in [0, 0.05) is 37.1 Å². The molecule has 1 aliphatic rings. The van der Waals surface area contributed by atoms with E-state index in [1.807, 2.05) is 24.4 Å². The molecule has 0 N–H and O–H groups in total. The van der Waals surface area contributed by atoms with Crippen LogP contribution in [0.4, 0.5) is 0 Å². The summed E-state index contributed by atoms with van der Waals surface area (Å²) in [5, 5.41) is 0. The van der Waals surface area contributed by atoms with E-state index in [4.69, 9.17) is 4.74 Å². The highest BCUT2D eigenvalue weighted by Crippen LogP contribution is 2.31. The Labute approximate surface area is 161 Å². The molecule has 0 bridgehead atoms. The summed E-state index contributed by atoms with van der Waals surface area (Å²) in [7, 11) is 1.70. The Kier molecular flexibility index (Phi) is 5.54. The molecular formula is C23H27N3O. The average Bonchev–Trinajstić information content (AvgIpc) is 3.22. The van der Waals surface area contributed by atoms with Crippen LogP contribution in [0.3, 0.4) is 0 Å². The lowest BCUT2D eigenvalue weighted by Crippen LogP contribution is -2.35. The van der Waals surface area contributed by atoms with E-state index in [1.54, 1.807) is 7.11 Å². The summed E-state index contributed by atoms with van der Waals surface area (Å²) in [6.45, 7) is 3.14. The quantitative estimate of drug-likeness (QED) is 0.633. The maximum Gasteiger partial charge on any atom is 0.140 e. The molecule has 4 rings (SSSR count). The molecule has 1 fully saturated rings. The van der Waals surface area contributed by atoms with Crippen molar-refractivity contribution >= 4 is 0 Å². The zero-order valence-corrected chi connectivity index (χ0v) is 15.9. The van der Waals surface area contributed by atoms with Crippen molar-refractivity contribution in [2.45, 2.75) is 31.8 Å². The van der Waals surface area contributed by atoms with Gasteiger partial charge in [0.1, 0.15) is 11.6 Å². The van der Waals surface area contributed by atoms with Crippen molar-refractivity contribution in [3.05, 3.63) is 72.6 Å². The van der Waals surface area contributed by atoms with Gasteiger partial charge in [-0.1, -0.05) is 48.9 Å². The Balaban J connectivity index is 1.49. The zero-order valence-electron chi connectivity index (χ0n) is 15.9. The highest BCUT2D eigenvalue weighted by molar-refractivity contribution is 5.58. The van der Waals surface area contributed by atoms with Crippen LogP contribution in [0.1, 0.15) is 30.9 Å². The largest absolute Gasteiger partial charge is 0.497 e. The number of ether oxygens (including phenoxy) is 1. The number of aromatic nitrogens is 2. The molecule has 140 valence electrons. The first-order valence-corrected chi connectivity index (χ1v) is 9.80. The lowest BCUT2D eigenvalue weighted by Gasteiger charge is -2.36. The Morgan fingerprint density at radius 2 is 1.93 bits per heavy atom. The number of benzene rings is 2. The molecule has 4 nitrogen and oxygen atoms in total. The molecule has 0 radical (unpaired) electrons. The van der Waals surface area contributed by atoms with E-state index in [9.17, 15) is 0 Å². The molecule has 1 saturated heterocycles. The molecule has 3 aromatic rings. The molecule has 1 aromatic heterocycles. The van der Waals surface area contributed by atoms with Crippen LogP contribution in [0.15, 0.2) is 67.0 Å². The fourth-order valence-corrected chi connectivity index (χ4v) is 4.06. The number of hydrogen-bond acceptors (Lipinski definition) is 3. The van der Waals surface area contributed by atoms with E-state index < -0.39 is 0 Å². The van der Waals surface area contributed by atoms with Crippen LogP contribution >= 0.6 is 0 Å². The number of methoxy groups -OCH3 is 1. The number of hydrogen-bond donors (Lipinski definition) is 0. The third-order valence-corrected chi connectivity index (χ3v) is 5.47. The highest BCUT2D eigenvalue weighted by Gasteiger charge is 2.23. The fourth-order valence-electron chi connectivity index (χ4n) is 4.06. The van der Waals surface area contributed by atoms with Crippen molar-refractivity contribution in [2.75, 3.05) is 20.2 Å². The Hall–Kier alpha value is -2.59. The Bertz CT molecular complexity index is 859. The first-order valence-electron chi connectivity index (χ1n) is 9.80. The van der Waals surface area contributed by atoms with Gasteiger partial charge >= 0.3 is 0 Å². The molecule has 0 saturated carbocycles. The normalized spacial score (nSPS) is 17.7. The molecule has 0 aliphatic carbocycles. The Morgan fingerprint density at radius 3 is 2.78 bits per heavy atom. The Morgan fingerprint density at radius 1 is 1.04 bits per heavy atom. The standard InChI is InChI=1S/C23H27N3O/c1-27-21-11-7-10-20(18-21)23-24-13-15-26(23)17-16-25-14-6-5-12-22(25)19-8-3-2-4-9-19/h2-4,7-11,13,15,18,22H,5-6,12,14,16-17H2,1H3. The SMILES string of the molecule is COc1cccc(-c2nccn2CCN2CCCCC2c2ccccc2)c1. The summed E-state index contributed by atoms with van der Waals surface area (Å²) in [5.74, 6) is 1.87. The van der Waals surface area contributed by atoms with E-state index in [-0.39, 0.29) is 0 Å². The van der Waals surface area contributed by atoms with Gasteiger partial charge in [0.2, 0.25) is 0 Å². The monoisotopic (exact) mass is 361 g/mol. The fraction of sp³-hybridized carbons (Fsp3) is 0.348. The maximum absolute atomic E-state index is 5.37. The van der Waals surface area contributed by atoms with Crippen molar-refractivity contribution in [1.82, 2.24) is 14.5 Å². The summed E-state index contributed by atoms with van der Waals surface area (Å²) >= 11 is 0. The van der Waals surface area contributed by atoms with Crippen LogP contribution in [0, 0.1) is 0 Å². The van der Waals surface area contributed by atoms with Gasteiger partial charge in [-0.05, 0) is 37.1 Å². The molecular weight excluding hydrogens is 334 g/mol. The second kappa shape index (κ2) is 8.40. The first-order chi connectivity index (χ1) is 13.3. The first kappa shape index (κ1) is 17.8. The third-order valence-electron chi connectivity index (χ3n) is 5.47. The lowest BCUT2D eigenvalue weighted by atomic mass is 9.95. The number of nitrogens with zero attached hydrogens (tertiary/aromatic N) is 3. The highest BCUT2D eigenvalue weighted by atomic mass is 16.5. The predicted molar refractivity (Wildman–Crippen MR) is 109 cm³/mol. The molecule has 0 spiro atoms. The zero-order chi connectivity index (χ0) is 18.5. The van der Waals surface area contributed by atoms with Crippen molar-refractivity contribution in [1.29, 1.82) is 0 Å². The summed E-state index contributed by atoms with van der Waals surface area (Å²) in [5.41, 5.74) is 2.54. The topological polar surface area (TPSA) is 30.3 Å². The summed E-state index contributed by atoms with van der Waals surface area (Å²) in [6, 6.07) is 19.6. The molecule has 1 aliphatic heterocycles. The summed E-state index contributed by atoms with van der Waals surface area (Å²) in [6.07, 6.45) is 7.82. The van der Waals surface area contributed by atoms with Crippen LogP contribution in [0.5, 0.6) is 5.75 Å². The van der Waals surface area contributed by atoms with Crippen LogP contribution in [0.2, 0.25) is 0 Å². The molecule has 27 heavy (non-hydrogen) atoms. The van der Waals surface area contributed by atoms with Crippen LogP contribution < -0.4 is 4.74 Å². The van der Waals surface area contributed by atoms with Gasteiger partial charge in [-0.2, -0.15) is 0 Å². The van der Waals surface area contributed by atoms with Crippen LogP contribution in [0.25, 0.3) is 11.4 Å². The summed E-state index contributed by atoms with van der Waals surface area (Å²) < 4.78 is 7.62. The number of piperidine rings is 1. The minimum atomic E-state index is 0.531. The number of likely N-dealkylation sites (tertiary alicyclic amines) is 1. The number of imidazole rings is 1. The van der Waals surface area contributed by atoms with E-state index in [1.165, 1.54) is 31.4 Å². The third kappa shape index (κ3) is 4.06. The smallest absolute Gasteiger partial charge is 0.140 e.